The largest absolute Gasteiger partial charge is 0.574 e. The van der Waals surface area contributed by atoms with Gasteiger partial charge in [-0.05, 0) is 0 Å². The Morgan fingerprint density at radius 2 is 1.94 bits per heavy atom. The molecule has 0 spiro atoms. The third-order valence-electron chi connectivity index (χ3n) is 1.66. The molecule has 1 rings (SSSR count). The molecule has 0 saturated heterocycles. The molecule has 0 aliphatic carbocycles. The van der Waals surface area contributed by atoms with Gasteiger partial charge in [0.15, 0.2) is 0 Å². The topological polar surface area (TPSA) is 85.2 Å². The van der Waals surface area contributed by atoms with Crippen molar-refractivity contribution in [3.8, 4) is 5.88 Å². The minimum Gasteiger partial charge on any atom is -0.382 e. The fourth-order valence-electron chi connectivity index (χ4n) is 1.01. The van der Waals surface area contributed by atoms with Crippen LogP contribution in [0.3, 0.4) is 0 Å². The number of nitro groups is 1. The monoisotopic (exact) mass is 274 g/mol. The normalized spacial score (nSPS) is 11.7. The number of hydrogen-bond acceptors (Lipinski definition) is 4. The molecule has 0 aromatic carbocycles. The van der Waals surface area contributed by atoms with Crippen LogP contribution in [0.1, 0.15) is 12.0 Å². The molecule has 1 aromatic heterocycles. The number of rotatable bonds is 3. The number of hydrogen-bond donors (Lipinski definition) is 1. The first-order valence-corrected chi connectivity index (χ1v) is 4.07. The van der Waals surface area contributed by atoms with Gasteiger partial charge in [0.2, 0.25) is 0 Å². The molecule has 11 heteroatoms. The predicted octanol–water partition coefficient (Wildman–Crippen LogP) is 2.12. The molecule has 0 bridgehead atoms. The van der Waals surface area contributed by atoms with E-state index in [-0.39, 0.29) is 6.07 Å². The maximum Gasteiger partial charge on any atom is 0.574 e. The Bertz CT molecular complexity index is 524. The van der Waals surface area contributed by atoms with E-state index < -0.39 is 40.4 Å². The Kier molecular flexibility index (Phi) is 3.53. The van der Waals surface area contributed by atoms with E-state index in [1.54, 1.807) is 0 Å². The quantitative estimate of drug-likeness (QED) is 0.519. The molecule has 100 valence electrons. The second-order valence-corrected chi connectivity index (χ2v) is 2.87. The predicted molar refractivity (Wildman–Crippen MR) is 45.4 cm³/mol. The van der Waals surface area contributed by atoms with Gasteiger partial charge in [0.25, 0.3) is 17.9 Å². The molecule has 0 aliphatic heterocycles. The summed E-state index contributed by atoms with van der Waals surface area (Å²) in [4.78, 5) is 21.2. The van der Waals surface area contributed by atoms with Crippen LogP contribution in [0.2, 0.25) is 0 Å². The summed E-state index contributed by atoms with van der Waals surface area (Å²) in [5.41, 5.74) is -4.34. The molecule has 0 atom stereocenters. The van der Waals surface area contributed by atoms with Gasteiger partial charge >= 0.3 is 12.0 Å². The summed E-state index contributed by atoms with van der Waals surface area (Å²) < 4.78 is 63.2. The van der Waals surface area contributed by atoms with Crippen molar-refractivity contribution in [3.05, 3.63) is 32.1 Å². The van der Waals surface area contributed by atoms with Crippen LogP contribution in [-0.2, 0) is 0 Å². The second kappa shape index (κ2) is 4.58. The van der Waals surface area contributed by atoms with E-state index in [0.717, 1.165) is 0 Å². The summed E-state index contributed by atoms with van der Waals surface area (Å²) in [7, 11) is 0. The van der Waals surface area contributed by atoms with Gasteiger partial charge in [-0.2, -0.15) is 0 Å². The number of aromatic nitrogens is 1. The van der Waals surface area contributed by atoms with E-state index in [1.165, 1.54) is 4.98 Å². The van der Waals surface area contributed by atoms with Crippen molar-refractivity contribution in [2.45, 2.75) is 12.8 Å². The summed E-state index contributed by atoms with van der Waals surface area (Å²) in [5, 5.41) is 10.4. The minimum atomic E-state index is -5.31. The van der Waals surface area contributed by atoms with Crippen LogP contribution in [0, 0.1) is 10.1 Å². The van der Waals surface area contributed by atoms with E-state index in [1.807, 2.05) is 0 Å². The van der Waals surface area contributed by atoms with Crippen LogP contribution in [-0.4, -0.2) is 16.3 Å². The zero-order valence-corrected chi connectivity index (χ0v) is 8.12. The fraction of sp³-hybridized carbons (Fsp3) is 0.286. The highest BCUT2D eigenvalue weighted by Crippen LogP contribution is 2.30. The van der Waals surface area contributed by atoms with E-state index in [4.69, 9.17) is 0 Å². The van der Waals surface area contributed by atoms with Crippen molar-refractivity contribution in [2.75, 3.05) is 0 Å². The summed E-state index contributed by atoms with van der Waals surface area (Å²) >= 11 is 0. The number of ether oxygens (including phenoxy) is 1. The number of H-pyrrole nitrogens is 1. The summed E-state index contributed by atoms with van der Waals surface area (Å²) in [5.74, 6) is -1.55. The van der Waals surface area contributed by atoms with Gasteiger partial charge in [0, 0.05) is 6.07 Å². The van der Waals surface area contributed by atoms with Crippen LogP contribution in [0.25, 0.3) is 0 Å². The molecule has 0 unspecified atom stereocenters. The van der Waals surface area contributed by atoms with Crippen molar-refractivity contribution in [1.82, 2.24) is 4.98 Å². The van der Waals surface area contributed by atoms with Crippen molar-refractivity contribution < 1.29 is 31.6 Å². The lowest BCUT2D eigenvalue weighted by Crippen LogP contribution is -2.22. The highest BCUT2D eigenvalue weighted by atomic mass is 19.4. The molecule has 0 amide bonds. The molecule has 1 heterocycles. The smallest absolute Gasteiger partial charge is 0.382 e. The highest BCUT2D eigenvalue weighted by molar-refractivity contribution is 5.43. The van der Waals surface area contributed by atoms with Gasteiger partial charge in [-0.15, -0.1) is 13.2 Å². The number of aromatic amines is 1. The minimum absolute atomic E-state index is 0.0323. The van der Waals surface area contributed by atoms with Crippen LogP contribution < -0.4 is 10.3 Å². The summed E-state index contributed by atoms with van der Waals surface area (Å²) in [6.45, 7) is 0. The number of pyridine rings is 1. The lowest BCUT2D eigenvalue weighted by Gasteiger charge is -2.09. The molecule has 1 N–H and O–H groups in total. The lowest BCUT2D eigenvalue weighted by atomic mass is 10.2. The second-order valence-electron chi connectivity index (χ2n) is 2.87. The van der Waals surface area contributed by atoms with Crippen molar-refractivity contribution in [3.63, 3.8) is 0 Å². The Morgan fingerprint density at radius 1 is 1.39 bits per heavy atom. The Labute approximate surface area is 94.1 Å². The number of nitrogens with one attached hydrogen (secondary N) is 1. The van der Waals surface area contributed by atoms with Crippen LogP contribution in [0.5, 0.6) is 5.88 Å². The lowest BCUT2D eigenvalue weighted by molar-refractivity contribution is -0.389. The van der Waals surface area contributed by atoms with Gasteiger partial charge < -0.3 is 4.74 Å². The molecule has 0 radical (unpaired) electrons. The van der Waals surface area contributed by atoms with Crippen LogP contribution in [0.4, 0.5) is 27.6 Å². The van der Waals surface area contributed by atoms with E-state index >= 15 is 0 Å². The summed E-state index contributed by atoms with van der Waals surface area (Å²) in [6.07, 6.45) is -8.67. The Balaban J connectivity index is 3.39. The van der Waals surface area contributed by atoms with Crippen molar-refractivity contribution >= 4 is 5.69 Å². The van der Waals surface area contributed by atoms with Gasteiger partial charge in [-0.3, -0.25) is 19.9 Å². The first-order chi connectivity index (χ1) is 8.11. The highest BCUT2D eigenvalue weighted by Gasteiger charge is 2.36. The number of alkyl halides is 5. The SMILES string of the molecule is O=c1[nH]c(OC(F)(F)F)c([N+](=O)[O-])cc1C(F)F. The van der Waals surface area contributed by atoms with Gasteiger partial charge in [-0.1, -0.05) is 0 Å². The molecule has 18 heavy (non-hydrogen) atoms. The molecule has 0 saturated carbocycles. The molecular weight excluding hydrogens is 271 g/mol. The fourth-order valence-corrected chi connectivity index (χ4v) is 1.01. The Morgan fingerprint density at radius 3 is 2.33 bits per heavy atom. The maximum atomic E-state index is 12.2. The van der Waals surface area contributed by atoms with Crippen molar-refractivity contribution in [2.24, 2.45) is 0 Å². The summed E-state index contributed by atoms with van der Waals surface area (Å²) in [6, 6.07) is 0.0323. The Hall–Kier alpha value is -2.20. The maximum absolute atomic E-state index is 12.2. The van der Waals surface area contributed by atoms with Gasteiger partial charge in [-0.25, -0.2) is 8.78 Å². The number of halogens is 5. The molecular formula is C7H3F5N2O4. The molecule has 6 nitrogen and oxygen atoms in total. The average Bonchev–Trinajstić information content (AvgIpc) is 2.13. The van der Waals surface area contributed by atoms with Gasteiger partial charge in [0.05, 0.1) is 10.5 Å². The third kappa shape index (κ3) is 3.15. The zero-order valence-electron chi connectivity index (χ0n) is 8.12. The first kappa shape index (κ1) is 13.9. The average molecular weight is 274 g/mol. The third-order valence-corrected chi connectivity index (χ3v) is 1.66. The standard InChI is InChI=1S/C7H3F5N2O4/c8-4(9)2-1-3(14(16)17)6(13-5(2)15)18-7(10,11)12/h1,4H,(H,13,15). The zero-order chi connectivity index (χ0) is 14.1. The van der Waals surface area contributed by atoms with Crippen LogP contribution >= 0.6 is 0 Å². The van der Waals surface area contributed by atoms with Gasteiger partial charge in [0.1, 0.15) is 0 Å². The molecule has 0 fully saturated rings. The van der Waals surface area contributed by atoms with E-state index in [2.05, 4.69) is 4.74 Å². The number of nitrogens with zero attached hydrogens (tertiary/aromatic N) is 1. The molecule has 0 aliphatic rings. The van der Waals surface area contributed by atoms with E-state index in [0.29, 0.717) is 0 Å². The van der Waals surface area contributed by atoms with E-state index in [9.17, 15) is 36.9 Å². The molecule has 1 aromatic rings. The van der Waals surface area contributed by atoms with Crippen molar-refractivity contribution in [1.29, 1.82) is 0 Å². The first-order valence-electron chi connectivity index (χ1n) is 4.07. The van der Waals surface area contributed by atoms with Crippen LogP contribution in [0.15, 0.2) is 10.9 Å².